The van der Waals surface area contributed by atoms with Crippen molar-refractivity contribution in [3.63, 3.8) is 0 Å². The number of carbonyl (C=O) groups is 1. The maximum Gasteiger partial charge on any atom is 0.263 e. The van der Waals surface area contributed by atoms with Crippen molar-refractivity contribution in [3.05, 3.63) is 59.7 Å². The van der Waals surface area contributed by atoms with E-state index in [-0.39, 0.29) is 18.4 Å². The Labute approximate surface area is 160 Å². The molecule has 1 amide bonds. The summed E-state index contributed by atoms with van der Waals surface area (Å²) in [7, 11) is -3.52. The standard InChI is InChI=1S/C20H24N2O4S/c1-14-9-10-18-17(11-14)22(27(3,24)25)13-19(26-18)20(23)21-12-15(2)16-7-5-4-6-8-16/h4-11,15,19H,12-13H2,1-3H3,(H,21,23)/t15-,19-/m1/s1. The number of benzene rings is 2. The molecule has 2 atom stereocenters. The highest BCUT2D eigenvalue weighted by molar-refractivity contribution is 7.92. The Kier molecular flexibility index (Phi) is 5.41. The molecular formula is C20H24N2O4S. The topological polar surface area (TPSA) is 75.7 Å². The van der Waals surface area contributed by atoms with Crippen molar-refractivity contribution < 1.29 is 17.9 Å². The summed E-state index contributed by atoms with van der Waals surface area (Å²) in [6.07, 6.45) is 0.245. The van der Waals surface area contributed by atoms with Crippen molar-refractivity contribution >= 4 is 21.6 Å². The first-order valence-corrected chi connectivity index (χ1v) is 10.7. The van der Waals surface area contributed by atoms with Crippen LogP contribution >= 0.6 is 0 Å². The number of fused-ring (bicyclic) bond motifs is 1. The molecule has 0 unspecified atom stereocenters. The van der Waals surface area contributed by atoms with Gasteiger partial charge >= 0.3 is 0 Å². The van der Waals surface area contributed by atoms with E-state index in [1.807, 2.05) is 50.2 Å². The van der Waals surface area contributed by atoms with Gasteiger partial charge in [0.05, 0.1) is 18.5 Å². The van der Waals surface area contributed by atoms with Gasteiger partial charge in [0.15, 0.2) is 6.10 Å². The molecular weight excluding hydrogens is 364 g/mol. The van der Waals surface area contributed by atoms with Crippen molar-refractivity contribution in [2.24, 2.45) is 0 Å². The summed E-state index contributed by atoms with van der Waals surface area (Å²) in [5.74, 6) is 0.214. The average Bonchev–Trinajstić information content (AvgIpc) is 2.64. The normalized spacial score (nSPS) is 17.6. The summed E-state index contributed by atoms with van der Waals surface area (Å²) in [4.78, 5) is 12.6. The van der Waals surface area contributed by atoms with Crippen LogP contribution in [0.4, 0.5) is 5.69 Å². The van der Waals surface area contributed by atoms with Crippen LogP contribution in [-0.4, -0.2) is 39.8 Å². The van der Waals surface area contributed by atoms with Gasteiger partial charge in [0.2, 0.25) is 10.0 Å². The first-order chi connectivity index (χ1) is 12.8. The molecule has 1 aliphatic heterocycles. The highest BCUT2D eigenvalue weighted by Gasteiger charge is 2.35. The van der Waals surface area contributed by atoms with Gasteiger partial charge in [-0.2, -0.15) is 0 Å². The number of hydrogen-bond acceptors (Lipinski definition) is 4. The Hall–Kier alpha value is -2.54. The molecule has 6 nitrogen and oxygen atoms in total. The smallest absolute Gasteiger partial charge is 0.263 e. The van der Waals surface area contributed by atoms with Crippen LogP contribution in [0.15, 0.2) is 48.5 Å². The van der Waals surface area contributed by atoms with Crippen molar-refractivity contribution in [2.45, 2.75) is 25.9 Å². The number of sulfonamides is 1. The SMILES string of the molecule is Cc1ccc2c(c1)N(S(C)(=O)=O)C[C@H](C(=O)NC[C@@H](C)c1ccccc1)O2. The van der Waals surface area contributed by atoms with Crippen molar-refractivity contribution in [1.29, 1.82) is 0 Å². The zero-order valence-electron chi connectivity index (χ0n) is 15.7. The molecule has 1 aliphatic rings. The number of amides is 1. The summed E-state index contributed by atoms with van der Waals surface area (Å²) in [5.41, 5.74) is 2.52. The molecule has 0 bridgehead atoms. The summed E-state index contributed by atoms with van der Waals surface area (Å²) < 4.78 is 31.5. The molecule has 0 fully saturated rings. The number of hydrogen-bond donors (Lipinski definition) is 1. The minimum Gasteiger partial charge on any atom is -0.476 e. The number of aryl methyl sites for hydroxylation is 1. The molecule has 0 radical (unpaired) electrons. The van der Waals surface area contributed by atoms with E-state index < -0.39 is 16.1 Å². The van der Waals surface area contributed by atoms with Crippen LogP contribution in [0.25, 0.3) is 0 Å². The number of anilines is 1. The van der Waals surface area contributed by atoms with E-state index >= 15 is 0 Å². The van der Waals surface area contributed by atoms with E-state index in [0.717, 1.165) is 17.4 Å². The first kappa shape index (κ1) is 19.2. The van der Waals surface area contributed by atoms with Gasteiger partial charge in [0.25, 0.3) is 5.91 Å². The maximum absolute atomic E-state index is 12.6. The molecule has 27 heavy (non-hydrogen) atoms. The molecule has 3 rings (SSSR count). The molecule has 0 aromatic heterocycles. The maximum atomic E-state index is 12.6. The van der Waals surface area contributed by atoms with E-state index in [2.05, 4.69) is 5.32 Å². The minimum atomic E-state index is -3.52. The Morgan fingerprint density at radius 1 is 1.26 bits per heavy atom. The summed E-state index contributed by atoms with van der Waals surface area (Å²) in [6.45, 7) is 4.31. The van der Waals surface area contributed by atoms with Crippen LogP contribution in [0.5, 0.6) is 5.75 Å². The van der Waals surface area contributed by atoms with Crippen LogP contribution in [0.2, 0.25) is 0 Å². The van der Waals surface area contributed by atoms with Gasteiger partial charge in [-0.25, -0.2) is 8.42 Å². The third-order valence-electron chi connectivity index (χ3n) is 4.63. The average molecular weight is 388 g/mol. The van der Waals surface area contributed by atoms with Gasteiger partial charge < -0.3 is 10.1 Å². The van der Waals surface area contributed by atoms with Gasteiger partial charge in [-0.05, 0) is 36.1 Å². The number of ether oxygens (including phenoxy) is 1. The van der Waals surface area contributed by atoms with Gasteiger partial charge in [0.1, 0.15) is 5.75 Å². The number of nitrogens with one attached hydrogen (secondary N) is 1. The van der Waals surface area contributed by atoms with Crippen LogP contribution in [0, 0.1) is 6.92 Å². The molecule has 1 N–H and O–H groups in total. The van der Waals surface area contributed by atoms with Crippen molar-refractivity contribution in [3.8, 4) is 5.75 Å². The molecule has 0 aliphatic carbocycles. The van der Waals surface area contributed by atoms with Crippen LogP contribution < -0.4 is 14.4 Å². The van der Waals surface area contributed by atoms with Gasteiger partial charge in [0, 0.05) is 6.54 Å². The Bertz CT molecular complexity index is 928. The van der Waals surface area contributed by atoms with E-state index in [1.165, 1.54) is 4.31 Å². The number of nitrogens with zero attached hydrogens (tertiary/aromatic N) is 1. The van der Waals surface area contributed by atoms with Crippen LogP contribution in [-0.2, 0) is 14.8 Å². The van der Waals surface area contributed by atoms with Crippen molar-refractivity contribution in [2.75, 3.05) is 23.7 Å². The zero-order valence-corrected chi connectivity index (χ0v) is 16.5. The monoisotopic (exact) mass is 388 g/mol. The van der Waals surface area contributed by atoms with Crippen LogP contribution in [0.1, 0.15) is 24.0 Å². The summed E-state index contributed by atoms with van der Waals surface area (Å²) in [6, 6.07) is 15.2. The molecule has 2 aromatic rings. The number of carbonyl (C=O) groups excluding carboxylic acids is 1. The largest absolute Gasteiger partial charge is 0.476 e. The summed E-state index contributed by atoms with van der Waals surface area (Å²) in [5, 5.41) is 2.88. The highest BCUT2D eigenvalue weighted by Crippen LogP contribution is 2.35. The van der Waals surface area contributed by atoms with E-state index in [4.69, 9.17) is 4.74 Å². The second-order valence-electron chi connectivity index (χ2n) is 6.93. The summed E-state index contributed by atoms with van der Waals surface area (Å²) >= 11 is 0. The third-order valence-corrected chi connectivity index (χ3v) is 5.77. The molecule has 7 heteroatoms. The first-order valence-electron chi connectivity index (χ1n) is 8.83. The quantitative estimate of drug-likeness (QED) is 0.854. The van der Waals surface area contributed by atoms with Gasteiger partial charge in [-0.15, -0.1) is 0 Å². The zero-order chi connectivity index (χ0) is 19.6. The number of rotatable bonds is 5. The second kappa shape index (κ2) is 7.60. The fraction of sp³-hybridized carbons (Fsp3) is 0.350. The Morgan fingerprint density at radius 2 is 1.96 bits per heavy atom. The molecule has 2 aromatic carbocycles. The lowest BCUT2D eigenvalue weighted by atomic mass is 10.0. The second-order valence-corrected chi connectivity index (χ2v) is 8.84. The molecule has 144 valence electrons. The van der Waals surface area contributed by atoms with E-state index in [0.29, 0.717) is 18.0 Å². The van der Waals surface area contributed by atoms with Gasteiger partial charge in [-0.3, -0.25) is 9.10 Å². The van der Waals surface area contributed by atoms with Crippen LogP contribution in [0.3, 0.4) is 0 Å². The molecule has 0 saturated carbocycles. The van der Waals surface area contributed by atoms with Gasteiger partial charge in [-0.1, -0.05) is 43.3 Å². The predicted octanol–water partition coefficient (Wildman–Crippen LogP) is 2.44. The fourth-order valence-electron chi connectivity index (χ4n) is 3.08. The minimum absolute atomic E-state index is 0.0408. The van der Waals surface area contributed by atoms with Crippen molar-refractivity contribution in [1.82, 2.24) is 5.32 Å². The lowest BCUT2D eigenvalue weighted by Crippen LogP contribution is -2.51. The lowest BCUT2D eigenvalue weighted by molar-refractivity contribution is -0.127. The lowest BCUT2D eigenvalue weighted by Gasteiger charge is -2.34. The van der Waals surface area contributed by atoms with E-state index in [1.54, 1.807) is 12.1 Å². The molecule has 0 saturated heterocycles. The fourth-order valence-corrected chi connectivity index (χ4v) is 3.99. The third kappa shape index (κ3) is 4.42. The molecule has 0 spiro atoms. The predicted molar refractivity (Wildman–Crippen MR) is 106 cm³/mol. The Morgan fingerprint density at radius 3 is 2.63 bits per heavy atom. The molecule has 1 heterocycles. The van der Waals surface area contributed by atoms with E-state index in [9.17, 15) is 13.2 Å². The highest BCUT2D eigenvalue weighted by atomic mass is 32.2. The Balaban J connectivity index is 1.73.